The smallest absolute Gasteiger partial charge is 0.387 e. The maximum absolute atomic E-state index is 13.3. The molecule has 4 rings (SSSR count). The van der Waals surface area contributed by atoms with Crippen LogP contribution in [0.25, 0.3) is 16.7 Å². The van der Waals surface area contributed by atoms with Crippen LogP contribution >= 0.6 is 10.6 Å². The van der Waals surface area contributed by atoms with Crippen molar-refractivity contribution in [2.75, 3.05) is 11.5 Å². The lowest BCUT2D eigenvalue weighted by Gasteiger charge is -2.54. The molecule has 12 heteroatoms. The number of carbonyl (C=O) groups excluding carboxylic acids is 1. The van der Waals surface area contributed by atoms with Crippen LogP contribution in [0.15, 0.2) is 41.3 Å². The van der Waals surface area contributed by atoms with E-state index in [1.54, 1.807) is 13.0 Å². The largest absolute Gasteiger partial charge is 0.435 e. The van der Waals surface area contributed by atoms with Crippen LogP contribution in [0.5, 0.6) is 5.75 Å². The van der Waals surface area contributed by atoms with Crippen LogP contribution in [-0.2, 0) is 0 Å². The van der Waals surface area contributed by atoms with Gasteiger partial charge in [0.1, 0.15) is 11.4 Å². The fourth-order valence-corrected chi connectivity index (χ4v) is 6.28. The molecular weight excluding hydrogens is 458 g/mol. The van der Waals surface area contributed by atoms with Crippen molar-refractivity contribution < 1.29 is 27.4 Å². The lowest BCUT2D eigenvalue weighted by molar-refractivity contribution is -0.0498. The van der Waals surface area contributed by atoms with E-state index in [-0.39, 0.29) is 29.0 Å². The van der Waals surface area contributed by atoms with Gasteiger partial charge in [-0.3, -0.25) is 23.0 Å². The highest BCUT2D eigenvalue weighted by Crippen LogP contribution is 2.53. The third-order valence-corrected chi connectivity index (χ3v) is 7.52. The number of carbonyl (C=O) groups is 1. The van der Waals surface area contributed by atoms with E-state index in [0.717, 1.165) is 0 Å². The number of ether oxygens (including phenoxy) is 1. The van der Waals surface area contributed by atoms with E-state index in [9.17, 15) is 27.5 Å². The quantitative estimate of drug-likeness (QED) is 0.494. The Morgan fingerprint density at radius 2 is 1.94 bits per heavy atom. The second-order valence-corrected chi connectivity index (χ2v) is 10.8. The van der Waals surface area contributed by atoms with E-state index >= 15 is 0 Å². The Morgan fingerprint density at radius 1 is 1.24 bits per heavy atom. The first-order valence-corrected chi connectivity index (χ1v) is 12.0. The second-order valence-electron chi connectivity index (χ2n) is 8.62. The summed E-state index contributed by atoms with van der Waals surface area (Å²) >= 11 is 0. The highest BCUT2D eigenvalue weighted by molar-refractivity contribution is 8.25. The molecule has 3 heterocycles. The highest BCUT2D eigenvalue weighted by atomic mass is 32.3. The predicted molar refractivity (Wildman–Crippen MR) is 121 cm³/mol. The lowest BCUT2D eigenvalue weighted by Crippen LogP contribution is -2.61. The standard InChI is InChI=1S/C21H24F2N4O5S/c1-12(2)26-16-8-15(18(28)25-21(3)10-33(30,31)11-21)24-9-17(16)27(20(26)29)13-5-4-6-14(7-13)32-19(22)23/h4-9,12,19,30-31H,10-11H2,1-3H3,(H,25,28). The van der Waals surface area contributed by atoms with Crippen LogP contribution in [0.1, 0.15) is 37.3 Å². The number of imidazole rings is 1. The Bertz CT molecular complexity index is 1280. The molecule has 33 heavy (non-hydrogen) atoms. The first kappa shape index (κ1) is 23.2. The molecular formula is C21H24F2N4O5S. The molecule has 178 valence electrons. The lowest BCUT2D eigenvalue weighted by atomic mass is 10.1. The van der Waals surface area contributed by atoms with Gasteiger partial charge in [-0.1, -0.05) is 6.07 Å². The van der Waals surface area contributed by atoms with Crippen LogP contribution in [0, 0.1) is 0 Å². The predicted octanol–water partition coefficient (Wildman–Crippen LogP) is 3.62. The Morgan fingerprint density at radius 3 is 2.55 bits per heavy atom. The minimum absolute atomic E-state index is 0.0634. The molecule has 0 bridgehead atoms. The zero-order valence-electron chi connectivity index (χ0n) is 18.2. The minimum Gasteiger partial charge on any atom is -0.435 e. The van der Waals surface area contributed by atoms with Crippen LogP contribution in [-0.4, -0.2) is 52.8 Å². The number of halogens is 2. The SMILES string of the molecule is CC(C)n1c(=O)n(-c2cccc(OC(F)F)c2)c2cnc(C(=O)NC3(C)CS(O)(O)C3)cc21. The Balaban J connectivity index is 1.76. The number of nitrogens with one attached hydrogen (secondary N) is 1. The third-order valence-electron chi connectivity index (χ3n) is 5.32. The van der Waals surface area contributed by atoms with Crippen molar-refractivity contribution in [2.24, 2.45) is 0 Å². The number of hydrogen-bond acceptors (Lipinski definition) is 6. The van der Waals surface area contributed by atoms with E-state index in [0.29, 0.717) is 16.7 Å². The number of pyridine rings is 1. The van der Waals surface area contributed by atoms with Gasteiger partial charge in [0.25, 0.3) is 5.91 Å². The van der Waals surface area contributed by atoms with E-state index in [4.69, 9.17) is 0 Å². The molecule has 1 aromatic carbocycles. The average molecular weight is 483 g/mol. The van der Waals surface area contributed by atoms with Gasteiger partial charge in [0.15, 0.2) is 0 Å². The monoisotopic (exact) mass is 482 g/mol. The summed E-state index contributed by atoms with van der Waals surface area (Å²) in [5.41, 5.74) is 0.0407. The number of hydrogen-bond donors (Lipinski definition) is 3. The molecule has 1 aliphatic rings. The molecule has 0 saturated carbocycles. The first-order valence-electron chi connectivity index (χ1n) is 10.1. The van der Waals surface area contributed by atoms with Gasteiger partial charge < -0.3 is 10.1 Å². The van der Waals surface area contributed by atoms with E-state index in [2.05, 4.69) is 15.0 Å². The van der Waals surface area contributed by atoms with Gasteiger partial charge in [0.05, 0.1) is 40.0 Å². The third kappa shape index (κ3) is 4.45. The maximum atomic E-state index is 13.3. The van der Waals surface area contributed by atoms with E-state index < -0.39 is 34.3 Å². The summed E-state index contributed by atoms with van der Waals surface area (Å²) in [6.45, 7) is 2.33. The average Bonchev–Trinajstić information content (AvgIpc) is 2.96. The molecule has 3 aromatic rings. The molecule has 1 saturated heterocycles. The highest BCUT2D eigenvalue weighted by Gasteiger charge is 2.46. The first-order chi connectivity index (χ1) is 15.4. The molecule has 3 N–H and O–H groups in total. The summed E-state index contributed by atoms with van der Waals surface area (Å²) in [4.78, 5) is 30.2. The van der Waals surface area contributed by atoms with E-state index in [1.807, 2.05) is 13.8 Å². The summed E-state index contributed by atoms with van der Waals surface area (Å²) in [5, 5.41) is 2.77. The van der Waals surface area contributed by atoms with Crippen LogP contribution in [0.3, 0.4) is 0 Å². The van der Waals surface area contributed by atoms with Crippen molar-refractivity contribution in [3.63, 3.8) is 0 Å². The molecule has 0 radical (unpaired) electrons. The Hall–Kier alpha value is -2.96. The Labute approximate surface area is 189 Å². The van der Waals surface area contributed by atoms with Gasteiger partial charge in [-0.15, -0.1) is 0 Å². The second kappa shape index (κ2) is 8.12. The zero-order valence-corrected chi connectivity index (χ0v) is 19.0. The van der Waals surface area contributed by atoms with Crippen LogP contribution in [0.4, 0.5) is 8.78 Å². The van der Waals surface area contributed by atoms with Gasteiger partial charge >= 0.3 is 12.3 Å². The van der Waals surface area contributed by atoms with Crippen LogP contribution in [0.2, 0.25) is 0 Å². The molecule has 9 nitrogen and oxygen atoms in total. The summed E-state index contributed by atoms with van der Waals surface area (Å²) in [5.74, 6) is -0.462. The number of aromatic nitrogens is 3. The molecule has 1 aliphatic heterocycles. The van der Waals surface area contributed by atoms with Crippen molar-refractivity contribution in [3.8, 4) is 11.4 Å². The summed E-state index contributed by atoms with van der Waals surface area (Å²) < 4.78 is 51.9. The number of amides is 1. The Kier molecular flexibility index (Phi) is 5.71. The molecule has 0 spiro atoms. The minimum atomic E-state index is -3.00. The van der Waals surface area contributed by atoms with E-state index in [1.165, 1.54) is 39.6 Å². The van der Waals surface area contributed by atoms with Crippen molar-refractivity contribution in [2.45, 2.75) is 39.0 Å². The van der Waals surface area contributed by atoms with Gasteiger partial charge in [-0.25, -0.2) is 9.78 Å². The molecule has 1 amide bonds. The van der Waals surface area contributed by atoms with Crippen molar-refractivity contribution in [1.29, 1.82) is 0 Å². The maximum Gasteiger partial charge on any atom is 0.387 e. The number of fused-ring (bicyclic) bond motifs is 1. The van der Waals surface area contributed by atoms with Gasteiger partial charge in [0.2, 0.25) is 0 Å². The number of nitrogens with zero attached hydrogens (tertiary/aromatic N) is 3. The van der Waals surface area contributed by atoms with Crippen molar-refractivity contribution in [3.05, 3.63) is 52.7 Å². The summed E-state index contributed by atoms with van der Waals surface area (Å²) in [6.07, 6.45) is 1.38. The van der Waals surface area contributed by atoms with Crippen molar-refractivity contribution in [1.82, 2.24) is 19.4 Å². The normalized spacial score (nSPS) is 17.7. The molecule has 1 fully saturated rings. The summed E-state index contributed by atoms with van der Waals surface area (Å²) in [7, 11) is -2.65. The number of alkyl halides is 2. The molecule has 0 unspecified atom stereocenters. The molecule has 2 aromatic heterocycles. The topological polar surface area (TPSA) is 119 Å². The van der Waals surface area contributed by atoms with Gasteiger partial charge in [0, 0.05) is 12.1 Å². The molecule has 0 atom stereocenters. The zero-order chi connectivity index (χ0) is 24.1. The van der Waals surface area contributed by atoms with Crippen molar-refractivity contribution >= 4 is 27.5 Å². The molecule has 0 aliphatic carbocycles. The number of rotatable bonds is 6. The van der Waals surface area contributed by atoms with Gasteiger partial charge in [-0.2, -0.15) is 19.4 Å². The summed E-state index contributed by atoms with van der Waals surface area (Å²) in [6, 6.07) is 6.99. The van der Waals surface area contributed by atoms with Gasteiger partial charge in [-0.05, 0) is 39.0 Å². The number of benzene rings is 1. The fraction of sp³-hybridized carbons (Fsp3) is 0.381. The fourth-order valence-electron chi connectivity index (χ4n) is 4.18. The van der Waals surface area contributed by atoms with Crippen LogP contribution < -0.4 is 15.7 Å².